The molecule has 0 spiro atoms. The van der Waals surface area contributed by atoms with E-state index in [1.807, 2.05) is 0 Å². The van der Waals surface area contributed by atoms with E-state index in [0.717, 1.165) is 0 Å². The zero-order chi connectivity index (χ0) is 16.9. The fourth-order valence-electron chi connectivity index (χ4n) is 1.99. The molecule has 0 saturated carbocycles. The third-order valence-electron chi connectivity index (χ3n) is 3.20. The maximum Gasteiger partial charge on any atom is 0.199 e. The number of benzene rings is 2. The van der Waals surface area contributed by atoms with Gasteiger partial charge in [0.2, 0.25) is 0 Å². The van der Waals surface area contributed by atoms with Gasteiger partial charge in [-0.2, -0.15) is 0 Å². The van der Waals surface area contributed by atoms with E-state index >= 15 is 0 Å². The fourth-order valence-corrected chi connectivity index (χ4v) is 2.37. The Morgan fingerprint density at radius 2 is 0.864 bits per heavy atom. The van der Waals surface area contributed by atoms with Gasteiger partial charge in [0.05, 0.1) is 5.56 Å². The molecule has 0 aliphatic carbocycles. The molecule has 0 saturated heterocycles. The quantitative estimate of drug-likeness (QED) is 0.297. The molecule has 22 heavy (non-hydrogen) atoms. The molecule has 2 aromatic carbocycles. The van der Waals surface area contributed by atoms with Crippen LogP contribution in [-0.4, -0.2) is 56.9 Å². The normalized spacial score (nSPS) is 10.8. The van der Waals surface area contributed by atoms with Gasteiger partial charge in [-0.15, -0.1) is 0 Å². The standard InChI is InChI=1S/C12H5B4BrO5/c13-3-1(4(14)11(21)12(22)10(3)20)2-8(18)5(15)7(17)6(16)9(2)19/h18-22H. The highest BCUT2D eigenvalue weighted by atomic mass is 79.9. The van der Waals surface area contributed by atoms with Crippen LogP contribution in [-0.2, 0) is 0 Å². The van der Waals surface area contributed by atoms with Crippen LogP contribution in [0.2, 0.25) is 0 Å². The van der Waals surface area contributed by atoms with Gasteiger partial charge in [0.1, 0.15) is 42.9 Å². The van der Waals surface area contributed by atoms with Gasteiger partial charge in [-0.3, -0.25) is 0 Å². The third kappa shape index (κ3) is 2.13. The Kier molecular flexibility index (Phi) is 4.08. The number of rotatable bonds is 1. The number of halogens is 1. The summed E-state index contributed by atoms with van der Waals surface area (Å²) in [6, 6.07) is 0. The van der Waals surface area contributed by atoms with E-state index in [9.17, 15) is 25.5 Å². The molecule has 102 valence electrons. The Hall–Kier alpha value is -1.82. The molecular formula is C12H5B4BrO5. The van der Waals surface area contributed by atoms with Crippen molar-refractivity contribution >= 4 is 69.2 Å². The molecule has 0 aromatic heterocycles. The van der Waals surface area contributed by atoms with Crippen molar-refractivity contribution < 1.29 is 25.5 Å². The lowest BCUT2D eigenvalue weighted by Gasteiger charge is -2.21. The van der Waals surface area contributed by atoms with Crippen molar-refractivity contribution in [3.05, 3.63) is 4.47 Å². The first kappa shape index (κ1) is 16.5. The van der Waals surface area contributed by atoms with Crippen LogP contribution in [0.15, 0.2) is 4.47 Å². The third-order valence-corrected chi connectivity index (χ3v) is 4.06. The first-order valence-electron chi connectivity index (χ1n) is 5.71. The lowest BCUT2D eigenvalue weighted by molar-refractivity contribution is 0.372. The van der Waals surface area contributed by atoms with E-state index in [1.54, 1.807) is 0 Å². The minimum absolute atomic E-state index is 0.0515. The SMILES string of the molecule is [B]c1c(O)c(-c2c([B])c(O)c(O)c(O)c2[B])c(O)c([B])c1Br. The van der Waals surface area contributed by atoms with Gasteiger partial charge in [0, 0.05) is 4.47 Å². The molecule has 2 aromatic rings. The Labute approximate surface area is 139 Å². The first-order chi connectivity index (χ1) is 10.1. The van der Waals surface area contributed by atoms with Crippen LogP contribution in [0, 0.1) is 0 Å². The molecule has 0 aliphatic rings. The highest BCUT2D eigenvalue weighted by molar-refractivity contribution is 9.10. The summed E-state index contributed by atoms with van der Waals surface area (Å²) in [4.78, 5) is 0. The van der Waals surface area contributed by atoms with Gasteiger partial charge in [0.15, 0.2) is 17.2 Å². The summed E-state index contributed by atoms with van der Waals surface area (Å²) in [5, 5.41) is 49.2. The highest BCUT2D eigenvalue weighted by Crippen LogP contribution is 2.40. The summed E-state index contributed by atoms with van der Waals surface area (Å²) < 4.78 is 0.0515. The fraction of sp³-hybridized carbons (Fsp3) is 0. The van der Waals surface area contributed by atoms with Gasteiger partial charge in [-0.05, 0) is 27.4 Å². The predicted molar refractivity (Wildman–Crippen MR) is 89.5 cm³/mol. The Morgan fingerprint density at radius 3 is 1.23 bits per heavy atom. The van der Waals surface area contributed by atoms with Gasteiger partial charge >= 0.3 is 0 Å². The van der Waals surface area contributed by atoms with Crippen molar-refractivity contribution in [1.82, 2.24) is 0 Å². The highest BCUT2D eigenvalue weighted by Gasteiger charge is 2.25. The molecular weight excluding hydrogens is 347 g/mol. The van der Waals surface area contributed by atoms with Crippen molar-refractivity contribution in [3.8, 4) is 39.9 Å². The summed E-state index contributed by atoms with van der Waals surface area (Å²) in [5.74, 6) is -3.93. The number of hydrogen-bond donors (Lipinski definition) is 5. The first-order valence-corrected chi connectivity index (χ1v) is 6.50. The zero-order valence-corrected chi connectivity index (χ0v) is 12.5. The Morgan fingerprint density at radius 1 is 0.500 bits per heavy atom. The maximum atomic E-state index is 10.1. The Balaban J connectivity index is 3.03. The van der Waals surface area contributed by atoms with Crippen LogP contribution in [0.5, 0.6) is 28.7 Å². The summed E-state index contributed by atoms with van der Waals surface area (Å²) in [6.45, 7) is 0. The van der Waals surface area contributed by atoms with Crippen molar-refractivity contribution in [1.29, 1.82) is 0 Å². The molecule has 0 aliphatic heterocycles. The van der Waals surface area contributed by atoms with E-state index in [4.69, 9.17) is 31.4 Å². The lowest BCUT2D eigenvalue weighted by Crippen LogP contribution is -2.25. The van der Waals surface area contributed by atoms with E-state index in [0.29, 0.717) is 0 Å². The average Bonchev–Trinajstić information content (AvgIpc) is 2.50. The minimum Gasteiger partial charge on any atom is -0.508 e. The lowest BCUT2D eigenvalue weighted by atomic mass is 9.73. The average molecular weight is 352 g/mol. The summed E-state index contributed by atoms with van der Waals surface area (Å²) >= 11 is 2.99. The number of hydrogen-bond acceptors (Lipinski definition) is 5. The smallest absolute Gasteiger partial charge is 0.199 e. The summed E-state index contributed by atoms with van der Waals surface area (Å²) in [7, 11) is 22.6. The van der Waals surface area contributed by atoms with Crippen LogP contribution in [0.25, 0.3) is 11.1 Å². The molecule has 5 N–H and O–H groups in total. The van der Waals surface area contributed by atoms with Crippen LogP contribution in [0.1, 0.15) is 0 Å². The van der Waals surface area contributed by atoms with Crippen LogP contribution in [0.4, 0.5) is 0 Å². The van der Waals surface area contributed by atoms with Crippen LogP contribution in [0.3, 0.4) is 0 Å². The minimum atomic E-state index is -0.934. The second-order valence-corrected chi connectivity index (χ2v) is 5.25. The van der Waals surface area contributed by atoms with Gasteiger partial charge in [0.25, 0.3) is 0 Å². The molecule has 8 radical (unpaired) electrons. The molecule has 0 atom stereocenters. The summed E-state index contributed by atoms with van der Waals surface area (Å²) in [5.41, 5.74) is -2.11. The molecule has 0 amide bonds. The number of aromatic hydroxyl groups is 5. The molecule has 2 rings (SSSR count). The second kappa shape index (κ2) is 5.43. The molecule has 5 nitrogen and oxygen atoms in total. The maximum absolute atomic E-state index is 10.1. The van der Waals surface area contributed by atoms with Crippen molar-refractivity contribution in [3.63, 3.8) is 0 Å². The predicted octanol–water partition coefficient (Wildman–Crippen LogP) is -2.18. The molecule has 0 unspecified atom stereocenters. The zero-order valence-electron chi connectivity index (χ0n) is 10.9. The number of phenols is 5. The largest absolute Gasteiger partial charge is 0.508 e. The molecule has 10 heteroatoms. The van der Waals surface area contributed by atoms with E-state index < -0.39 is 39.7 Å². The van der Waals surface area contributed by atoms with Gasteiger partial charge in [-0.1, -0.05) is 15.9 Å². The monoisotopic (exact) mass is 352 g/mol. The van der Waals surface area contributed by atoms with Gasteiger partial charge in [-0.25, -0.2) is 0 Å². The van der Waals surface area contributed by atoms with E-state index in [-0.39, 0.29) is 26.5 Å². The molecule has 0 heterocycles. The second-order valence-electron chi connectivity index (χ2n) is 4.46. The van der Waals surface area contributed by atoms with E-state index in [1.165, 1.54) is 0 Å². The van der Waals surface area contributed by atoms with Gasteiger partial charge < -0.3 is 25.5 Å². The van der Waals surface area contributed by atoms with Crippen molar-refractivity contribution in [2.24, 2.45) is 0 Å². The Bertz CT molecular complexity index is 684. The molecule has 0 bridgehead atoms. The van der Waals surface area contributed by atoms with Crippen molar-refractivity contribution in [2.75, 3.05) is 0 Å². The number of phenolic OH excluding ortho intramolecular Hbond substituents is 5. The van der Waals surface area contributed by atoms with E-state index in [2.05, 4.69) is 15.9 Å². The summed E-state index contributed by atoms with van der Waals surface area (Å²) in [6.07, 6.45) is 0. The van der Waals surface area contributed by atoms with Crippen molar-refractivity contribution in [2.45, 2.75) is 0 Å². The van der Waals surface area contributed by atoms with Crippen LogP contribution >= 0.6 is 15.9 Å². The topological polar surface area (TPSA) is 101 Å². The van der Waals surface area contributed by atoms with Crippen LogP contribution < -0.4 is 21.9 Å². The molecule has 0 fully saturated rings.